The first-order valence-corrected chi connectivity index (χ1v) is 6.02. The molecule has 0 unspecified atom stereocenters. The smallest absolute Gasteiger partial charge is 0.256 e. The second kappa shape index (κ2) is 5.68. The molecule has 0 saturated carbocycles. The Labute approximate surface area is 119 Å². The SMILES string of the molecule is Cc1cc(C#N)cc(NC(=O)c2ccc(Cl)c(F)c2)n1. The number of carbonyl (C=O) groups excluding carboxylic acids is 1. The van der Waals surface area contributed by atoms with Crippen molar-refractivity contribution < 1.29 is 9.18 Å². The van der Waals surface area contributed by atoms with Gasteiger partial charge < -0.3 is 5.32 Å². The van der Waals surface area contributed by atoms with Crippen molar-refractivity contribution in [2.24, 2.45) is 0 Å². The van der Waals surface area contributed by atoms with E-state index in [2.05, 4.69) is 10.3 Å². The quantitative estimate of drug-likeness (QED) is 0.922. The van der Waals surface area contributed by atoms with Crippen LogP contribution in [0.25, 0.3) is 0 Å². The third kappa shape index (κ3) is 3.11. The molecule has 2 aromatic rings. The molecule has 0 spiro atoms. The van der Waals surface area contributed by atoms with Crippen molar-refractivity contribution >= 4 is 23.3 Å². The van der Waals surface area contributed by atoms with Crippen LogP contribution in [0, 0.1) is 24.1 Å². The summed E-state index contributed by atoms with van der Waals surface area (Å²) < 4.78 is 13.3. The molecule has 0 aliphatic heterocycles. The van der Waals surface area contributed by atoms with E-state index in [1.165, 1.54) is 18.2 Å². The molecule has 0 atom stereocenters. The highest BCUT2D eigenvalue weighted by Crippen LogP contribution is 2.17. The number of hydrogen-bond donors (Lipinski definition) is 1. The summed E-state index contributed by atoms with van der Waals surface area (Å²) in [4.78, 5) is 16.0. The molecule has 0 aliphatic rings. The van der Waals surface area contributed by atoms with Gasteiger partial charge in [0.2, 0.25) is 0 Å². The molecule has 1 aromatic carbocycles. The normalized spacial score (nSPS) is 9.90. The zero-order valence-corrected chi connectivity index (χ0v) is 11.2. The number of aromatic nitrogens is 1. The summed E-state index contributed by atoms with van der Waals surface area (Å²) in [5.41, 5.74) is 1.10. The van der Waals surface area contributed by atoms with Crippen LogP contribution in [0.15, 0.2) is 30.3 Å². The molecule has 2 rings (SSSR count). The van der Waals surface area contributed by atoms with E-state index in [-0.39, 0.29) is 16.4 Å². The summed E-state index contributed by atoms with van der Waals surface area (Å²) >= 11 is 5.55. The van der Waals surface area contributed by atoms with Gasteiger partial charge in [-0.2, -0.15) is 5.26 Å². The zero-order valence-electron chi connectivity index (χ0n) is 10.4. The van der Waals surface area contributed by atoms with Gasteiger partial charge in [-0.25, -0.2) is 9.37 Å². The lowest BCUT2D eigenvalue weighted by molar-refractivity contribution is 0.102. The Hall–Kier alpha value is -2.45. The number of nitriles is 1. The summed E-state index contributed by atoms with van der Waals surface area (Å²) in [5, 5.41) is 11.3. The van der Waals surface area contributed by atoms with Crippen LogP contribution in [0.4, 0.5) is 10.2 Å². The van der Waals surface area contributed by atoms with Crippen LogP contribution in [0.3, 0.4) is 0 Å². The third-order valence-electron chi connectivity index (χ3n) is 2.51. The number of carbonyl (C=O) groups is 1. The number of aryl methyl sites for hydroxylation is 1. The number of benzene rings is 1. The molecule has 20 heavy (non-hydrogen) atoms. The van der Waals surface area contributed by atoms with Crippen LogP contribution < -0.4 is 5.32 Å². The van der Waals surface area contributed by atoms with Gasteiger partial charge in [0.05, 0.1) is 16.7 Å². The maximum atomic E-state index is 13.3. The monoisotopic (exact) mass is 289 g/mol. The average Bonchev–Trinajstić information content (AvgIpc) is 2.41. The van der Waals surface area contributed by atoms with E-state index in [9.17, 15) is 9.18 Å². The molecule has 0 saturated heterocycles. The molecule has 1 aromatic heterocycles. The Morgan fingerprint density at radius 2 is 2.15 bits per heavy atom. The van der Waals surface area contributed by atoms with E-state index in [0.717, 1.165) is 6.07 Å². The summed E-state index contributed by atoms with van der Waals surface area (Å²) in [6.45, 7) is 1.71. The van der Waals surface area contributed by atoms with Gasteiger partial charge in [0.25, 0.3) is 5.91 Å². The van der Waals surface area contributed by atoms with Gasteiger partial charge in [0.15, 0.2) is 0 Å². The topological polar surface area (TPSA) is 65.8 Å². The molecule has 6 heteroatoms. The summed E-state index contributed by atoms with van der Waals surface area (Å²) in [6, 6.07) is 8.75. The first kappa shape index (κ1) is 14.0. The second-order valence-corrected chi connectivity index (χ2v) is 4.48. The maximum Gasteiger partial charge on any atom is 0.256 e. The van der Waals surface area contributed by atoms with E-state index >= 15 is 0 Å². The predicted octanol–water partition coefficient (Wildman–Crippen LogP) is 3.31. The van der Waals surface area contributed by atoms with Gasteiger partial charge in [-0.15, -0.1) is 0 Å². The number of nitrogens with zero attached hydrogens (tertiary/aromatic N) is 2. The fraction of sp³-hybridized carbons (Fsp3) is 0.0714. The Balaban J connectivity index is 2.25. The number of hydrogen-bond acceptors (Lipinski definition) is 3. The Bertz CT molecular complexity index is 725. The molecule has 1 amide bonds. The lowest BCUT2D eigenvalue weighted by atomic mass is 10.2. The van der Waals surface area contributed by atoms with Gasteiger partial charge in [-0.05, 0) is 37.3 Å². The molecular weight excluding hydrogens is 281 g/mol. The molecule has 100 valence electrons. The van der Waals surface area contributed by atoms with Crippen molar-refractivity contribution in [2.45, 2.75) is 6.92 Å². The minimum atomic E-state index is -0.672. The Morgan fingerprint density at radius 1 is 1.40 bits per heavy atom. The standard InChI is InChI=1S/C14H9ClFN3O/c1-8-4-9(7-17)5-13(18-8)19-14(20)10-2-3-11(15)12(16)6-10/h2-6H,1H3,(H,18,19,20). The Kier molecular flexibility index (Phi) is 3.97. The average molecular weight is 290 g/mol. The highest BCUT2D eigenvalue weighted by atomic mass is 35.5. The van der Waals surface area contributed by atoms with Crippen molar-refractivity contribution in [3.8, 4) is 6.07 Å². The van der Waals surface area contributed by atoms with Crippen molar-refractivity contribution in [1.29, 1.82) is 5.26 Å². The number of pyridine rings is 1. The molecule has 0 fully saturated rings. The van der Waals surface area contributed by atoms with Crippen molar-refractivity contribution in [2.75, 3.05) is 5.32 Å². The molecule has 0 radical (unpaired) electrons. The number of nitrogens with one attached hydrogen (secondary N) is 1. The van der Waals surface area contributed by atoms with E-state index in [1.807, 2.05) is 6.07 Å². The number of halogens is 2. The van der Waals surface area contributed by atoms with Crippen molar-refractivity contribution in [3.63, 3.8) is 0 Å². The summed E-state index contributed by atoms with van der Waals surface area (Å²) in [5.74, 6) is -0.960. The number of anilines is 1. The number of amides is 1. The van der Waals surface area contributed by atoms with Crippen LogP contribution in [0.1, 0.15) is 21.6 Å². The molecule has 4 nitrogen and oxygen atoms in total. The van der Waals surface area contributed by atoms with Crippen LogP contribution in [0.2, 0.25) is 5.02 Å². The maximum absolute atomic E-state index is 13.3. The van der Waals surface area contributed by atoms with E-state index in [4.69, 9.17) is 16.9 Å². The Morgan fingerprint density at radius 3 is 2.80 bits per heavy atom. The largest absolute Gasteiger partial charge is 0.307 e. The van der Waals surface area contributed by atoms with E-state index in [0.29, 0.717) is 11.3 Å². The third-order valence-corrected chi connectivity index (χ3v) is 2.81. The lowest BCUT2D eigenvalue weighted by Gasteiger charge is -2.06. The number of rotatable bonds is 2. The van der Waals surface area contributed by atoms with Gasteiger partial charge in [0.1, 0.15) is 11.6 Å². The van der Waals surface area contributed by atoms with Gasteiger partial charge in [-0.3, -0.25) is 4.79 Å². The second-order valence-electron chi connectivity index (χ2n) is 4.08. The summed E-state index contributed by atoms with van der Waals surface area (Å²) in [7, 11) is 0. The zero-order chi connectivity index (χ0) is 14.7. The minimum absolute atomic E-state index is 0.0537. The molecule has 0 bridgehead atoms. The van der Waals surface area contributed by atoms with Crippen molar-refractivity contribution in [1.82, 2.24) is 4.98 Å². The van der Waals surface area contributed by atoms with Gasteiger partial charge in [-0.1, -0.05) is 11.6 Å². The van der Waals surface area contributed by atoms with Crippen LogP contribution in [-0.4, -0.2) is 10.9 Å². The fourth-order valence-corrected chi connectivity index (χ4v) is 1.74. The molecular formula is C14H9ClFN3O. The molecule has 1 N–H and O–H groups in total. The highest BCUT2D eigenvalue weighted by Gasteiger charge is 2.10. The molecule has 1 heterocycles. The van der Waals surface area contributed by atoms with E-state index < -0.39 is 11.7 Å². The fourth-order valence-electron chi connectivity index (χ4n) is 1.62. The first-order chi connectivity index (χ1) is 9.49. The predicted molar refractivity (Wildman–Crippen MR) is 73.1 cm³/mol. The van der Waals surface area contributed by atoms with Gasteiger partial charge >= 0.3 is 0 Å². The first-order valence-electron chi connectivity index (χ1n) is 5.65. The van der Waals surface area contributed by atoms with Crippen LogP contribution >= 0.6 is 11.6 Å². The highest BCUT2D eigenvalue weighted by molar-refractivity contribution is 6.30. The van der Waals surface area contributed by atoms with Gasteiger partial charge in [0, 0.05) is 11.3 Å². The minimum Gasteiger partial charge on any atom is -0.307 e. The van der Waals surface area contributed by atoms with Crippen LogP contribution in [-0.2, 0) is 0 Å². The van der Waals surface area contributed by atoms with Crippen LogP contribution in [0.5, 0.6) is 0 Å². The van der Waals surface area contributed by atoms with E-state index in [1.54, 1.807) is 13.0 Å². The molecule has 0 aliphatic carbocycles. The lowest BCUT2D eigenvalue weighted by Crippen LogP contribution is -2.13. The summed E-state index contributed by atoms with van der Waals surface area (Å²) in [6.07, 6.45) is 0. The van der Waals surface area contributed by atoms with Crippen molar-refractivity contribution in [3.05, 3.63) is 58.0 Å².